The molecule has 1 aliphatic rings. The lowest BCUT2D eigenvalue weighted by molar-refractivity contribution is 0.0982. The van der Waals surface area contributed by atoms with Gasteiger partial charge >= 0.3 is 6.09 Å². The molecule has 1 heterocycles. The van der Waals surface area contributed by atoms with E-state index in [1.54, 1.807) is 0 Å². The van der Waals surface area contributed by atoms with E-state index in [1.165, 1.54) is 12.4 Å². The van der Waals surface area contributed by atoms with Crippen molar-refractivity contribution in [2.75, 3.05) is 5.32 Å². The van der Waals surface area contributed by atoms with Crippen molar-refractivity contribution in [1.82, 2.24) is 15.3 Å². The standard InChI is InChI=1S/C19H23F2N5O4S/c1-10(2)25-19(27)30-13-4-3-11(5-13)12-8-23-18(24-9-12)26-17-15(20)6-14(7-16(17)21)31(22,28)29/h6-11,13H,3-5H2,1-2H3,(H,25,27)(H2,22,28,29)(H,23,24,26)/t11-,13+/m0/s1. The number of alkyl carbamates (subject to hydrolysis) is 1. The summed E-state index contributed by atoms with van der Waals surface area (Å²) in [4.78, 5) is 19.2. The number of aromatic nitrogens is 2. The van der Waals surface area contributed by atoms with Gasteiger partial charge in [0, 0.05) is 18.4 Å². The molecule has 0 bridgehead atoms. The highest BCUT2D eigenvalue weighted by Crippen LogP contribution is 2.36. The van der Waals surface area contributed by atoms with Gasteiger partial charge in [0.15, 0.2) is 11.6 Å². The Labute approximate surface area is 178 Å². The molecule has 0 radical (unpaired) electrons. The minimum atomic E-state index is -4.25. The monoisotopic (exact) mass is 455 g/mol. The van der Waals surface area contributed by atoms with Crippen molar-refractivity contribution >= 4 is 27.8 Å². The topological polar surface area (TPSA) is 136 Å². The number of sulfonamides is 1. The Morgan fingerprint density at radius 2 is 1.81 bits per heavy atom. The highest BCUT2D eigenvalue weighted by molar-refractivity contribution is 7.89. The summed E-state index contributed by atoms with van der Waals surface area (Å²) in [6, 6.07) is 1.22. The third-order valence-corrected chi connectivity index (χ3v) is 5.68. The van der Waals surface area contributed by atoms with Crippen LogP contribution in [0.1, 0.15) is 44.6 Å². The quantitative estimate of drug-likeness (QED) is 0.609. The second kappa shape index (κ2) is 9.10. The van der Waals surface area contributed by atoms with E-state index in [2.05, 4.69) is 20.6 Å². The number of halogens is 2. The Bertz CT molecular complexity index is 1040. The van der Waals surface area contributed by atoms with Crippen LogP contribution in [-0.2, 0) is 14.8 Å². The summed E-state index contributed by atoms with van der Waals surface area (Å²) in [5, 5.41) is 9.98. The second-order valence-electron chi connectivity index (χ2n) is 7.61. The van der Waals surface area contributed by atoms with Gasteiger partial charge in [-0.25, -0.2) is 37.1 Å². The Hall–Kier alpha value is -2.86. The fourth-order valence-corrected chi connectivity index (χ4v) is 3.87. The molecule has 2 aromatic rings. The van der Waals surface area contributed by atoms with Gasteiger partial charge in [-0.1, -0.05) is 0 Å². The van der Waals surface area contributed by atoms with Crippen LogP contribution in [0.15, 0.2) is 29.4 Å². The highest BCUT2D eigenvalue weighted by Gasteiger charge is 2.29. The molecular formula is C19H23F2N5O4S. The Morgan fingerprint density at radius 3 is 2.35 bits per heavy atom. The molecule has 1 saturated carbocycles. The van der Waals surface area contributed by atoms with Gasteiger partial charge in [0.05, 0.1) is 4.90 Å². The number of rotatable bonds is 6. The number of carbonyl (C=O) groups excluding carboxylic acids is 1. The van der Waals surface area contributed by atoms with Crippen molar-refractivity contribution in [1.29, 1.82) is 0 Å². The largest absolute Gasteiger partial charge is 0.446 e. The van der Waals surface area contributed by atoms with Crippen LogP contribution in [0, 0.1) is 11.6 Å². The van der Waals surface area contributed by atoms with Crippen LogP contribution in [-0.4, -0.2) is 36.6 Å². The van der Waals surface area contributed by atoms with Crippen LogP contribution in [0.2, 0.25) is 0 Å². The van der Waals surface area contributed by atoms with Gasteiger partial charge < -0.3 is 15.4 Å². The molecule has 1 amide bonds. The lowest BCUT2D eigenvalue weighted by Crippen LogP contribution is -2.33. The van der Waals surface area contributed by atoms with Crippen LogP contribution in [0.25, 0.3) is 0 Å². The molecular weight excluding hydrogens is 432 g/mol. The molecule has 0 aliphatic heterocycles. The minimum absolute atomic E-state index is 0.0104. The number of anilines is 2. The molecule has 9 nitrogen and oxygen atoms in total. The van der Waals surface area contributed by atoms with E-state index in [0.717, 1.165) is 12.0 Å². The molecule has 12 heteroatoms. The van der Waals surface area contributed by atoms with Gasteiger partial charge in [-0.3, -0.25) is 0 Å². The van der Waals surface area contributed by atoms with Crippen molar-refractivity contribution in [3.8, 4) is 0 Å². The van der Waals surface area contributed by atoms with Crippen molar-refractivity contribution in [3.05, 3.63) is 41.7 Å². The molecule has 1 aromatic carbocycles. The predicted octanol–water partition coefficient (Wildman–Crippen LogP) is 2.92. The number of hydrogen-bond acceptors (Lipinski definition) is 7. The third kappa shape index (κ3) is 5.85. The van der Waals surface area contributed by atoms with E-state index < -0.39 is 38.3 Å². The number of ether oxygens (including phenoxy) is 1. The maximum Gasteiger partial charge on any atom is 0.407 e. The van der Waals surface area contributed by atoms with E-state index in [9.17, 15) is 22.0 Å². The molecule has 0 unspecified atom stereocenters. The third-order valence-electron chi connectivity index (χ3n) is 4.79. The lowest BCUT2D eigenvalue weighted by atomic mass is 10.0. The zero-order valence-corrected chi connectivity index (χ0v) is 17.7. The summed E-state index contributed by atoms with van der Waals surface area (Å²) >= 11 is 0. The number of benzene rings is 1. The number of amides is 1. The first-order valence-corrected chi connectivity index (χ1v) is 11.2. The second-order valence-corrected chi connectivity index (χ2v) is 9.17. The Kier molecular flexibility index (Phi) is 6.70. The first-order chi connectivity index (χ1) is 14.5. The summed E-state index contributed by atoms with van der Waals surface area (Å²) in [7, 11) is -4.25. The van der Waals surface area contributed by atoms with Crippen LogP contribution >= 0.6 is 0 Å². The Balaban J connectivity index is 1.65. The fraction of sp³-hybridized carbons (Fsp3) is 0.421. The maximum atomic E-state index is 14.2. The van der Waals surface area contributed by atoms with Gasteiger partial charge in [0.2, 0.25) is 16.0 Å². The van der Waals surface area contributed by atoms with Crippen molar-refractivity contribution in [2.45, 2.75) is 56.1 Å². The molecule has 0 saturated heterocycles. The first kappa shape index (κ1) is 22.8. The number of hydrogen-bond donors (Lipinski definition) is 3. The van der Waals surface area contributed by atoms with E-state index in [4.69, 9.17) is 9.88 Å². The van der Waals surface area contributed by atoms with Crippen molar-refractivity contribution in [2.24, 2.45) is 5.14 Å². The number of nitrogens with zero attached hydrogens (tertiary/aromatic N) is 2. The van der Waals surface area contributed by atoms with Gasteiger partial charge in [0.25, 0.3) is 0 Å². The molecule has 1 aromatic heterocycles. The van der Waals surface area contributed by atoms with Gasteiger partial charge in [0.1, 0.15) is 11.8 Å². The summed E-state index contributed by atoms with van der Waals surface area (Å²) < 4.78 is 56.2. The lowest BCUT2D eigenvalue weighted by Gasteiger charge is -2.15. The van der Waals surface area contributed by atoms with Crippen molar-refractivity contribution in [3.63, 3.8) is 0 Å². The van der Waals surface area contributed by atoms with Crippen LogP contribution in [0.4, 0.5) is 25.2 Å². The van der Waals surface area contributed by atoms with E-state index in [0.29, 0.717) is 25.0 Å². The average Bonchev–Trinajstić information content (AvgIpc) is 3.12. The SMILES string of the molecule is CC(C)NC(=O)O[C@@H]1CC[C@H](c2cnc(Nc3c(F)cc(S(N)(=O)=O)cc3F)nc2)C1. The molecule has 1 fully saturated rings. The van der Waals surface area contributed by atoms with E-state index in [-0.39, 0.29) is 24.0 Å². The van der Waals surface area contributed by atoms with Gasteiger partial charge in [-0.05, 0) is 56.7 Å². The van der Waals surface area contributed by atoms with Gasteiger partial charge in [-0.2, -0.15) is 0 Å². The maximum absolute atomic E-state index is 14.2. The van der Waals surface area contributed by atoms with Gasteiger partial charge in [-0.15, -0.1) is 0 Å². The van der Waals surface area contributed by atoms with E-state index >= 15 is 0 Å². The first-order valence-electron chi connectivity index (χ1n) is 9.61. The molecule has 168 valence electrons. The summed E-state index contributed by atoms with van der Waals surface area (Å²) in [5.41, 5.74) is 0.220. The highest BCUT2D eigenvalue weighted by atomic mass is 32.2. The number of carbonyl (C=O) groups is 1. The zero-order valence-electron chi connectivity index (χ0n) is 16.9. The van der Waals surface area contributed by atoms with Crippen molar-refractivity contribution < 1.29 is 26.7 Å². The molecule has 4 N–H and O–H groups in total. The van der Waals surface area contributed by atoms with Crippen LogP contribution in [0.5, 0.6) is 0 Å². The summed E-state index contributed by atoms with van der Waals surface area (Å²) in [6.07, 6.45) is 4.53. The molecule has 31 heavy (non-hydrogen) atoms. The average molecular weight is 455 g/mol. The van der Waals surface area contributed by atoms with E-state index in [1.807, 2.05) is 13.8 Å². The number of nitrogens with two attached hydrogens (primary N) is 1. The predicted molar refractivity (Wildman–Crippen MR) is 108 cm³/mol. The molecule has 1 aliphatic carbocycles. The smallest absolute Gasteiger partial charge is 0.407 e. The fourth-order valence-electron chi connectivity index (χ4n) is 3.33. The number of nitrogens with one attached hydrogen (secondary N) is 2. The number of primary sulfonamides is 1. The molecule has 3 rings (SSSR count). The zero-order chi connectivity index (χ0) is 22.8. The molecule has 2 atom stereocenters. The Morgan fingerprint density at radius 1 is 1.19 bits per heavy atom. The van der Waals surface area contributed by atoms with Crippen LogP contribution < -0.4 is 15.8 Å². The minimum Gasteiger partial charge on any atom is -0.446 e. The summed E-state index contributed by atoms with van der Waals surface area (Å²) in [6.45, 7) is 3.69. The summed E-state index contributed by atoms with van der Waals surface area (Å²) in [5.74, 6) is -2.26. The van der Waals surface area contributed by atoms with Crippen LogP contribution in [0.3, 0.4) is 0 Å². The normalized spacial score (nSPS) is 18.8. The molecule has 0 spiro atoms.